The van der Waals surface area contributed by atoms with E-state index in [0.29, 0.717) is 21.6 Å². The normalized spacial score (nSPS) is 17.8. The number of thioether (sulfide) groups is 1. The molecular weight excluding hydrogens is 402 g/mol. The molecule has 1 saturated heterocycles. The molecule has 5 nitrogen and oxygen atoms in total. The van der Waals surface area contributed by atoms with Gasteiger partial charge in [-0.05, 0) is 35.8 Å². The second kappa shape index (κ2) is 8.71. The molecule has 1 atom stereocenters. The zero-order valence-corrected chi connectivity index (χ0v) is 17.4. The fraction of sp³-hybridized carbons (Fsp3) is 0.182. The van der Waals surface area contributed by atoms with Crippen molar-refractivity contribution in [1.29, 1.82) is 5.41 Å². The molecule has 1 unspecified atom stereocenters. The van der Waals surface area contributed by atoms with Gasteiger partial charge in [0.15, 0.2) is 5.78 Å². The average Bonchev–Trinajstić information content (AvgIpc) is 3.32. The Morgan fingerprint density at radius 3 is 2.55 bits per heavy atom. The van der Waals surface area contributed by atoms with Crippen molar-refractivity contribution < 1.29 is 9.53 Å². The van der Waals surface area contributed by atoms with Gasteiger partial charge in [0, 0.05) is 0 Å². The van der Waals surface area contributed by atoms with Crippen LogP contribution >= 0.6 is 23.1 Å². The third-order valence-electron chi connectivity index (χ3n) is 4.45. The maximum Gasteiger partial charge on any atom is 0.186 e. The van der Waals surface area contributed by atoms with Gasteiger partial charge in [-0.15, -0.1) is 21.5 Å². The van der Waals surface area contributed by atoms with Crippen molar-refractivity contribution in [2.45, 2.75) is 25.9 Å². The molecule has 2 aromatic carbocycles. The van der Waals surface area contributed by atoms with E-state index >= 15 is 0 Å². The number of carbonyl (C=O) groups is 1. The number of carbonyl (C=O) groups excluding carboxylic acids is 1. The van der Waals surface area contributed by atoms with Gasteiger partial charge in [-0.25, -0.2) is 0 Å². The molecule has 29 heavy (non-hydrogen) atoms. The van der Waals surface area contributed by atoms with Crippen LogP contribution in [-0.4, -0.2) is 21.0 Å². The summed E-state index contributed by atoms with van der Waals surface area (Å²) in [5.41, 5.74) is 2.01. The molecule has 1 fully saturated rings. The molecule has 4 rings (SSSR count). The Balaban J connectivity index is 1.45. The van der Waals surface area contributed by atoms with E-state index in [-0.39, 0.29) is 5.78 Å². The van der Waals surface area contributed by atoms with Gasteiger partial charge in [0.2, 0.25) is 0 Å². The summed E-state index contributed by atoms with van der Waals surface area (Å²) in [4.78, 5) is 13.4. The fourth-order valence-corrected chi connectivity index (χ4v) is 4.85. The summed E-state index contributed by atoms with van der Waals surface area (Å²) in [5, 5.41) is 18.2. The van der Waals surface area contributed by atoms with Crippen LogP contribution in [0.15, 0.2) is 59.5 Å². The van der Waals surface area contributed by atoms with Crippen LogP contribution in [0.25, 0.3) is 6.08 Å². The molecule has 1 N–H and O–H groups in total. The minimum absolute atomic E-state index is 0.0804. The van der Waals surface area contributed by atoms with Crippen LogP contribution in [0.5, 0.6) is 5.75 Å². The van der Waals surface area contributed by atoms with Gasteiger partial charge < -0.3 is 4.74 Å². The Morgan fingerprint density at radius 1 is 1.10 bits per heavy atom. The van der Waals surface area contributed by atoms with E-state index in [1.54, 1.807) is 0 Å². The highest BCUT2D eigenvalue weighted by atomic mass is 32.2. The minimum atomic E-state index is -0.613. The molecule has 0 radical (unpaired) electrons. The number of hydrogen-bond acceptors (Lipinski definition) is 7. The number of nitrogens with zero attached hydrogens (tertiary/aromatic N) is 2. The summed E-state index contributed by atoms with van der Waals surface area (Å²) in [7, 11) is 0. The SMILES string of the molecule is CCc1nnc(C2C(=N)SC(=Cc3ccc(OCc4ccccc4)cc3)C2=O)s1. The first-order chi connectivity index (χ1) is 14.1. The van der Waals surface area contributed by atoms with E-state index in [9.17, 15) is 4.79 Å². The molecule has 3 aromatic rings. The zero-order valence-electron chi connectivity index (χ0n) is 15.8. The van der Waals surface area contributed by atoms with Crippen molar-refractivity contribution in [1.82, 2.24) is 10.2 Å². The van der Waals surface area contributed by atoms with Crippen LogP contribution in [-0.2, 0) is 17.8 Å². The zero-order chi connectivity index (χ0) is 20.2. The number of aryl methyl sites for hydroxylation is 1. The lowest BCUT2D eigenvalue weighted by Gasteiger charge is -2.06. The van der Waals surface area contributed by atoms with Gasteiger partial charge in [-0.3, -0.25) is 10.2 Å². The first-order valence-corrected chi connectivity index (χ1v) is 10.9. The summed E-state index contributed by atoms with van der Waals surface area (Å²) in [6.45, 7) is 2.51. The maximum absolute atomic E-state index is 12.8. The predicted molar refractivity (Wildman–Crippen MR) is 118 cm³/mol. The highest BCUT2D eigenvalue weighted by Crippen LogP contribution is 2.41. The number of allylic oxidation sites excluding steroid dienone is 1. The summed E-state index contributed by atoms with van der Waals surface area (Å²) in [6, 6.07) is 17.6. The van der Waals surface area contributed by atoms with Crippen molar-refractivity contribution in [3.05, 3.63) is 80.6 Å². The number of ether oxygens (including phenoxy) is 1. The third-order valence-corrected chi connectivity index (χ3v) is 6.57. The van der Waals surface area contributed by atoms with Crippen LogP contribution in [0.1, 0.15) is 34.0 Å². The summed E-state index contributed by atoms with van der Waals surface area (Å²) < 4.78 is 5.80. The lowest BCUT2D eigenvalue weighted by Crippen LogP contribution is -2.11. The Bertz CT molecular complexity index is 1060. The van der Waals surface area contributed by atoms with Crippen molar-refractivity contribution in [3.8, 4) is 5.75 Å². The molecule has 1 aliphatic rings. The largest absolute Gasteiger partial charge is 0.489 e. The Morgan fingerprint density at radius 2 is 1.86 bits per heavy atom. The van der Waals surface area contributed by atoms with Crippen LogP contribution in [0.2, 0.25) is 0 Å². The van der Waals surface area contributed by atoms with Crippen molar-refractivity contribution >= 4 is 40.0 Å². The maximum atomic E-state index is 12.8. The molecule has 0 amide bonds. The fourth-order valence-electron chi connectivity index (χ4n) is 2.89. The van der Waals surface area contributed by atoms with E-state index in [2.05, 4.69) is 10.2 Å². The van der Waals surface area contributed by atoms with E-state index < -0.39 is 5.92 Å². The summed E-state index contributed by atoms with van der Waals surface area (Å²) in [5.74, 6) is 0.0775. The number of hydrogen-bond donors (Lipinski definition) is 1. The van der Waals surface area contributed by atoms with Crippen molar-refractivity contribution in [3.63, 3.8) is 0 Å². The molecule has 0 saturated carbocycles. The second-order valence-electron chi connectivity index (χ2n) is 6.50. The minimum Gasteiger partial charge on any atom is -0.489 e. The number of nitrogens with one attached hydrogen (secondary N) is 1. The number of ketones is 1. The van der Waals surface area contributed by atoms with Crippen LogP contribution in [0.4, 0.5) is 0 Å². The highest BCUT2D eigenvalue weighted by molar-refractivity contribution is 8.19. The predicted octanol–water partition coefficient (Wildman–Crippen LogP) is 5.10. The number of Topliss-reactive ketones (excluding diaryl/α,β-unsaturated/α-hetero) is 1. The summed E-state index contributed by atoms with van der Waals surface area (Å²) >= 11 is 2.61. The molecule has 1 aliphatic heterocycles. The summed E-state index contributed by atoms with van der Waals surface area (Å²) in [6.07, 6.45) is 2.60. The second-order valence-corrected chi connectivity index (χ2v) is 8.68. The van der Waals surface area contributed by atoms with Crippen molar-refractivity contribution in [2.75, 3.05) is 0 Å². The highest BCUT2D eigenvalue weighted by Gasteiger charge is 2.39. The first-order valence-electron chi connectivity index (χ1n) is 9.25. The van der Waals surface area contributed by atoms with E-state index in [1.807, 2.05) is 67.6 Å². The van der Waals surface area contributed by atoms with Gasteiger partial charge in [-0.2, -0.15) is 0 Å². The molecular formula is C22H19N3O2S2. The van der Waals surface area contributed by atoms with Gasteiger partial charge in [0.1, 0.15) is 28.3 Å². The van der Waals surface area contributed by atoms with E-state index in [4.69, 9.17) is 10.1 Å². The molecule has 0 bridgehead atoms. The van der Waals surface area contributed by atoms with E-state index in [1.165, 1.54) is 23.1 Å². The van der Waals surface area contributed by atoms with Crippen LogP contribution < -0.4 is 4.74 Å². The average molecular weight is 422 g/mol. The van der Waals surface area contributed by atoms with Gasteiger partial charge in [-0.1, -0.05) is 61.2 Å². The molecule has 0 aliphatic carbocycles. The molecule has 2 heterocycles. The van der Waals surface area contributed by atoms with Gasteiger partial charge in [0.05, 0.1) is 9.95 Å². The lowest BCUT2D eigenvalue weighted by molar-refractivity contribution is -0.114. The molecule has 0 spiro atoms. The number of rotatable bonds is 6. The quantitative estimate of drug-likeness (QED) is 0.561. The van der Waals surface area contributed by atoms with Crippen LogP contribution in [0, 0.1) is 5.41 Å². The first kappa shape index (κ1) is 19.5. The molecule has 1 aromatic heterocycles. The Hall–Kier alpha value is -2.77. The topological polar surface area (TPSA) is 75.9 Å². The molecule has 7 heteroatoms. The standard InChI is InChI=1S/C22H19N3O2S2/c1-2-18-24-25-22(29-18)19-20(26)17(28-21(19)23)12-14-8-10-16(11-9-14)27-13-15-6-4-3-5-7-15/h3-12,19,23H,2,13H2,1H3. The van der Waals surface area contributed by atoms with Crippen LogP contribution in [0.3, 0.4) is 0 Å². The van der Waals surface area contributed by atoms with E-state index in [0.717, 1.165) is 28.3 Å². The number of aromatic nitrogens is 2. The van der Waals surface area contributed by atoms with Crippen molar-refractivity contribution in [2.24, 2.45) is 0 Å². The van der Waals surface area contributed by atoms with Gasteiger partial charge >= 0.3 is 0 Å². The smallest absolute Gasteiger partial charge is 0.186 e. The third kappa shape index (κ3) is 4.46. The Kier molecular flexibility index (Phi) is 5.87. The monoisotopic (exact) mass is 421 g/mol. The lowest BCUT2D eigenvalue weighted by atomic mass is 10.1. The van der Waals surface area contributed by atoms with Gasteiger partial charge in [0.25, 0.3) is 0 Å². The molecule has 146 valence electrons. The Labute approximate surface area is 177 Å². The number of benzene rings is 2.